The Balaban J connectivity index is 2.11. The fourth-order valence-electron chi connectivity index (χ4n) is 1.48. The number of amides is 1. The summed E-state index contributed by atoms with van der Waals surface area (Å²) < 4.78 is 0. The highest BCUT2D eigenvalue weighted by atomic mass is 16.1. The van der Waals surface area contributed by atoms with Gasteiger partial charge in [0.25, 0.3) is 0 Å². The zero-order valence-electron chi connectivity index (χ0n) is 9.55. The number of benzene rings is 1. The number of aromatic nitrogens is 2. The van der Waals surface area contributed by atoms with Crippen molar-refractivity contribution in [2.45, 2.75) is 6.92 Å². The number of carbonyl (C=O) groups excluding carboxylic acids is 1. The maximum Gasteiger partial charge on any atom is 0.217 e. The Hall–Kier alpha value is -2.23. The van der Waals surface area contributed by atoms with Crippen LogP contribution in [0.1, 0.15) is 12.5 Å². The van der Waals surface area contributed by atoms with E-state index < -0.39 is 0 Å². The predicted molar refractivity (Wildman–Crippen MR) is 67.3 cm³/mol. The van der Waals surface area contributed by atoms with Crippen LogP contribution in [0.2, 0.25) is 0 Å². The van der Waals surface area contributed by atoms with Gasteiger partial charge in [-0.05, 0) is 17.7 Å². The standard InChI is InChI=1S/C13H13N3O/c1-10(17)14-6-2-3-11-4-5-12-13(9-11)16-8-7-15-12/h2-5,7-9H,6H2,1H3,(H,14,17). The van der Waals surface area contributed by atoms with E-state index in [1.54, 1.807) is 12.4 Å². The first-order valence-corrected chi connectivity index (χ1v) is 5.37. The molecule has 1 aromatic heterocycles. The highest BCUT2D eigenvalue weighted by Gasteiger charge is 1.95. The molecule has 1 amide bonds. The van der Waals surface area contributed by atoms with Gasteiger partial charge in [-0.1, -0.05) is 18.2 Å². The number of hydrogen-bond donors (Lipinski definition) is 1. The smallest absolute Gasteiger partial charge is 0.217 e. The van der Waals surface area contributed by atoms with E-state index in [0.717, 1.165) is 16.6 Å². The van der Waals surface area contributed by atoms with Gasteiger partial charge in [-0.2, -0.15) is 0 Å². The third-order valence-corrected chi connectivity index (χ3v) is 2.27. The van der Waals surface area contributed by atoms with Crippen molar-refractivity contribution in [2.75, 3.05) is 6.54 Å². The second-order valence-electron chi connectivity index (χ2n) is 3.64. The lowest BCUT2D eigenvalue weighted by Crippen LogP contribution is -2.19. The van der Waals surface area contributed by atoms with Gasteiger partial charge in [0.15, 0.2) is 0 Å². The number of fused-ring (bicyclic) bond motifs is 1. The normalized spacial score (nSPS) is 10.9. The van der Waals surface area contributed by atoms with Crippen molar-refractivity contribution in [1.82, 2.24) is 15.3 Å². The SMILES string of the molecule is CC(=O)NCC=Cc1ccc2nccnc2c1. The Morgan fingerprint density at radius 2 is 2.06 bits per heavy atom. The van der Waals surface area contributed by atoms with Gasteiger partial charge < -0.3 is 5.32 Å². The van der Waals surface area contributed by atoms with E-state index in [1.165, 1.54) is 6.92 Å². The molecule has 0 aliphatic carbocycles. The van der Waals surface area contributed by atoms with Crippen LogP contribution in [-0.4, -0.2) is 22.4 Å². The molecule has 17 heavy (non-hydrogen) atoms. The lowest BCUT2D eigenvalue weighted by molar-refractivity contribution is -0.118. The summed E-state index contributed by atoms with van der Waals surface area (Å²) in [6, 6.07) is 5.87. The van der Waals surface area contributed by atoms with E-state index in [-0.39, 0.29) is 5.91 Å². The Morgan fingerprint density at radius 3 is 2.82 bits per heavy atom. The molecular weight excluding hydrogens is 214 g/mol. The molecule has 0 spiro atoms. The van der Waals surface area contributed by atoms with Crippen molar-refractivity contribution in [1.29, 1.82) is 0 Å². The van der Waals surface area contributed by atoms with E-state index in [4.69, 9.17) is 0 Å². The summed E-state index contributed by atoms with van der Waals surface area (Å²) in [7, 11) is 0. The zero-order valence-corrected chi connectivity index (χ0v) is 9.55. The van der Waals surface area contributed by atoms with Gasteiger partial charge in [0.05, 0.1) is 11.0 Å². The molecular formula is C13H13N3O. The van der Waals surface area contributed by atoms with Gasteiger partial charge in [-0.25, -0.2) is 0 Å². The van der Waals surface area contributed by atoms with E-state index in [0.29, 0.717) is 6.54 Å². The monoisotopic (exact) mass is 227 g/mol. The summed E-state index contributed by atoms with van der Waals surface area (Å²) in [5, 5.41) is 2.70. The van der Waals surface area contributed by atoms with Gasteiger partial charge in [-0.15, -0.1) is 0 Å². The molecule has 0 bridgehead atoms. The first kappa shape index (κ1) is 11.3. The highest BCUT2D eigenvalue weighted by Crippen LogP contribution is 2.11. The number of rotatable bonds is 3. The van der Waals surface area contributed by atoms with E-state index in [9.17, 15) is 4.79 Å². The fraction of sp³-hybridized carbons (Fsp3) is 0.154. The van der Waals surface area contributed by atoms with Crippen molar-refractivity contribution in [2.24, 2.45) is 0 Å². The lowest BCUT2D eigenvalue weighted by Gasteiger charge is -1.98. The average molecular weight is 227 g/mol. The third kappa shape index (κ3) is 3.11. The Kier molecular flexibility index (Phi) is 3.45. The molecule has 0 unspecified atom stereocenters. The summed E-state index contributed by atoms with van der Waals surface area (Å²) in [5.41, 5.74) is 2.80. The maximum absolute atomic E-state index is 10.7. The molecule has 1 N–H and O–H groups in total. The summed E-state index contributed by atoms with van der Waals surface area (Å²) in [5.74, 6) is -0.0287. The highest BCUT2D eigenvalue weighted by molar-refractivity contribution is 5.77. The molecule has 2 rings (SSSR count). The predicted octanol–water partition coefficient (Wildman–Crippen LogP) is 1.78. The van der Waals surface area contributed by atoms with E-state index >= 15 is 0 Å². The van der Waals surface area contributed by atoms with Crippen LogP contribution < -0.4 is 5.32 Å². The molecule has 4 nitrogen and oxygen atoms in total. The first-order valence-electron chi connectivity index (χ1n) is 5.37. The van der Waals surface area contributed by atoms with E-state index in [2.05, 4.69) is 15.3 Å². The van der Waals surface area contributed by atoms with Crippen molar-refractivity contribution in [3.8, 4) is 0 Å². The molecule has 0 radical (unpaired) electrons. The topological polar surface area (TPSA) is 54.9 Å². The Labute approximate surface area is 99.4 Å². The zero-order chi connectivity index (χ0) is 12.1. The average Bonchev–Trinajstić information content (AvgIpc) is 2.34. The van der Waals surface area contributed by atoms with Crippen LogP contribution in [0.3, 0.4) is 0 Å². The van der Waals surface area contributed by atoms with Gasteiger partial charge in [-0.3, -0.25) is 14.8 Å². The van der Waals surface area contributed by atoms with Crippen molar-refractivity contribution in [3.63, 3.8) is 0 Å². The molecule has 1 heterocycles. The second-order valence-corrected chi connectivity index (χ2v) is 3.64. The molecule has 2 aromatic rings. The van der Waals surface area contributed by atoms with Crippen LogP contribution >= 0.6 is 0 Å². The van der Waals surface area contributed by atoms with Crippen molar-refractivity contribution < 1.29 is 4.79 Å². The minimum Gasteiger partial charge on any atom is -0.353 e. The third-order valence-electron chi connectivity index (χ3n) is 2.27. The molecule has 0 atom stereocenters. The van der Waals surface area contributed by atoms with Gasteiger partial charge >= 0.3 is 0 Å². The summed E-state index contributed by atoms with van der Waals surface area (Å²) in [6.07, 6.45) is 7.20. The van der Waals surface area contributed by atoms with E-state index in [1.807, 2.05) is 30.4 Å². The van der Waals surface area contributed by atoms with Crippen LogP contribution in [0.5, 0.6) is 0 Å². The fourth-order valence-corrected chi connectivity index (χ4v) is 1.48. The van der Waals surface area contributed by atoms with Gasteiger partial charge in [0.1, 0.15) is 0 Å². The molecule has 0 aliphatic rings. The van der Waals surface area contributed by atoms with Gasteiger partial charge in [0.2, 0.25) is 5.91 Å². The molecule has 0 saturated heterocycles. The summed E-state index contributed by atoms with van der Waals surface area (Å²) in [4.78, 5) is 19.1. The number of nitrogens with zero attached hydrogens (tertiary/aromatic N) is 2. The quantitative estimate of drug-likeness (QED) is 0.869. The van der Waals surface area contributed by atoms with Crippen LogP contribution in [0.4, 0.5) is 0 Å². The summed E-state index contributed by atoms with van der Waals surface area (Å²) in [6.45, 7) is 2.04. The van der Waals surface area contributed by atoms with Crippen LogP contribution in [0.25, 0.3) is 17.1 Å². The molecule has 86 valence electrons. The van der Waals surface area contributed by atoms with Gasteiger partial charge in [0, 0.05) is 25.9 Å². The maximum atomic E-state index is 10.7. The largest absolute Gasteiger partial charge is 0.353 e. The molecule has 0 saturated carbocycles. The molecule has 4 heteroatoms. The molecule has 0 aliphatic heterocycles. The molecule has 0 fully saturated rings. The van der Waals surface area contributed by atoms with Crippen molar-refractivity contribution >= 4 is 23.0 Å². The second kappa shape index (κ2) is 5.21. The Morgan fingerprint density at radius 1 is 1.29 bits per heavy atom. The van der Waals surface area contributed by atoms with Crippen LogP contribution in [-0.2, 0) is 4.79 Å². The van der Waals surface area contributed by atoms with Crippen LogP contribution in [0.15, 0.2) is 36.7 Å². The molecule has 1 aromatic carbocycles. The minimum atomic E-state index is -0.0287. The van der Waals surface area contributed by atoms with Crippen LogP contribution in [0, 0.1) is 0 Å². The van der Waals surface area contributed by atoms with Crippen molar-refractivity contribution in [3.05, 3.63) is 42.2 Å². The number of nitrogens with one attached hydrogen (secondary N) is 1. The lowest BCUT2D eigenvalue weighted by atomic mass is 10.2. The number of carbonyl (C=O) groups is 1. The Bertz CT molecular complexity index is 563. The first-order chi connectivity index (χ1) is 8.25. The minimum absolute atomic E-state index is 0.0287. The summed E-state index contributed by atoms with van der Waals surface area (Å²) >= 11 is 0. The number of hydrogen-bond acceptors (Lipinski definition) is 3.